The number of hydrogen-bond donors (Lipinski definition) is 1. The number of nitrogens with one attached hydrogen (secondary N) is 1. The molecule has 54 heavy (non-hydrogen) atoms. The van der Waals surface area contributed by atoms with E-state index in [9.17, 15) is 0 Å². The summed E-state index contributed by atoms with van der Waals surface area (Å²) in [7, 11) is 0. The molecule has 4 heteroatoms. The largest absolute Gasteiger partial charge is 0.309 e. The van der Waals surface area contributed by atoms with Gasteiger partial charge in [0.2, 0.25) is 0 Å². The van der Waals surface area contributed by atoms with Crippen molar-refractivity contribution >= 4 is 61.7 Å². The molecule has 0 bridgehead atoms. The number of benzene rings is 7. The number of aromatic nitrogens is 1. The van der Waals surface area contributed by atoms with Crippen LogP contribution in [0, 0.1) is 5.41 Å². The van der Waals surface area contributed by atoms with E-state index in [1.54, 1.807) is 0 Å². The minimum atomic E-state index is 0.498. The van der Waals surface area contributed by atoms with Crippen molar-refractivity contribution < 1.29 is 0 Å². The van der Waals surface area contributed by atoms with Crippen LogP contribution in [-0.4, -0.2) is 16.1 Å². The van der Waals surface area contributed by atoms with Crippen LogP contribution in [0.3, 0.4) is 0 Å². The lowest BCUT2D eigenvalue weighted by molar-refractivity contribution is 1.03. The van der Waals surface area contributed by atoms with Crippen LogP contribution < -0.4 is 9.48 Å². The maximum Gasteiger partial charge on any atom is 0.272 e. The Morgan fingerprint density at radius 1 is 0.630 bits per heavy atom. The molecule has 1 aliphatic rings. The minimum absolute atomic E-state index is 0.498. The fraction of sp³-hybridized carbons (Fsp3) is 0.0400. The van der Waals surface area contributed by atoms with E-state index in [2.05, 4.69) is 173 Å². The predicted octanol–water partition coefficient (Wildman–Crippen LogP) is 12.4. The van der Waals surface area contributed by atoms with E-state index in [0.717, 1.165) is 56.5 Å². The zero-order chi connectivity index (χ0) is 36.6. The second kappa shape index (κ2) is 13.8. The molecule has 8 aromatic rings. The highest BCUT2D eigenvalue weighted by Gasteiger charge is 2.38. The Morgan fingerprint density at radius 2 is 1.26 bits per heavy atom. The molecule has 0 saturated carbocycles. The first-order valence-corrected chi connectivity index (χ1v) is 18.4. The maximum absolute atomic E-state index is 9.16. The summed E-state index contributed by atoms with van der Waals surface area (Å²) >= 11 is 0. The van der Waals surface area contributed by atoms with Gasteiger partial charge in [0.05, 0.1) is 28.9 Å². The van der Waals surface area contributed by atoms with Crippen LogP contribution in [-0.2, 0) is 6.42 Å². The Bertz CT molecular complexity index is 2750. The van der Waals surface area contributed by atoms with E-state index in [4.69, 9.17) is 5.41 Å². The quantitative estimate of drug-likeness (QED) is 0.0958. The normalized spacial score (nSPS) is 13.6. The molecular weight excluding hydrogens is 657 g/mol. The van der Waals surface area contributed by atoms with Gasteiger partial charge in [-0.25, -0.2) is 0 Å². The highest BCUT2D eigenvalue weighted by molar-refractivity contribution is 6.15. The van der Waals surface area contributed by atoms with Crippen LogP contribution in [0.15, 0.2) is 195 Å². The van der Waals surface area contributed by atoms with Crippen molar-refractivity contribution in [3.8, 4) is 5.69 Å². The van der Waals surface area contributed by atoms with Gasteiger partial charge in [-0.15, -0.1) is 0 Å². The molecule has 0 saturated heterocycles. The lowest BCUT2D eigenvalue weighted by Gasteiger charge is -2.20. The molecule has 4 nitrogen and oxygen atoms in total. The molecule has 9 rings (SSSR count). The molecule has 0 fully saturated rings. The number of para-hydroxylation sites is 4. The van der Waals surface area contributed by atoms with Crippen LogP contribution >= 0.6 is 0 Å². The average Bonchev–Trinajstić information content (AvgIpc) is 3.78. The van der Waals surface area contributed by atoms with Crippen LogP contribution in [0.5, 0.6) is 0 Å². The second-order valence-corrected chi connectivity index (χ2v) is 13.7. The zero-order valence-electron chi connectivity index (χ0n) is 30.2. The van der Waals surface area contributed by atoms with Crippen molar-refractivity contribution in [2.45, 2.75) is 13.3 Å². The van der Waals surface area contributed by atoms with E-state index >= 15 is 0 Å². The third kappa shape index (κ3) is 5.65. The number of nitrogens with zero attached hydrogens (tertiary/aromatic N) is 3. The molecule has 1 aromatic heterocycles. The molecule has 7 aromatic carbocycles. The van der Waals surface area contributed by atoms with Gasteiger partial charge in [0.15, 0.2) is 0 Å². The third-order valence-electron chi connectivity index (χ3n) is 10.4. The van der Waals surface area contributed by atoms with Gasteiger partial charge >= 0.3 is 0 Å². The Kier molecular flexibility index (Phi) is 8.41. The number of allylic oxidation sites excluding steroid dienone is 3. The van der Waals surface area contributed by atoms with Crippen molar-refractivity contribution in [3.63, 3.8) is 0 Å². The van der Waals surface area contributed by atoms with Crippen LogP contribution in [0.25, 0.3) is 33.1 Å². The minimum Gasteiger partial charge on any atom is -0.309 e. The van der Waals surface area contributed by atoms with Crippen LogP contribution in [0.2, 0.25) is 0 Å². The molecular formula is C50H39N4+. The summed E-state index contributed by atoms with van der Waals surface area (Å²) in [5.74, 6) is 1.11. The van der Waals surface area contributed by atoms with Gasteiger partial charge in [-0.3, -0.25) is 5.41 Å². The molecule has 0 unspecified atom stereocenters. The van der Waals surface area contributed by atoms with Gasteiger partial charge < -0.3 is 4.57 Å². The van der Waals surface area contributed by atoms with E-state index in [1.807, 2.05) is 42.5 Å². The Hall–Kier alpha value is -7.04. The number of hydrogen-bond acceptors (Lipinski definition) is 1. The zero-order valence-corrected chi connectivity index (χ0v) is 30.2. The topological polar surface area (TPSA) is 35.0 Å². The molecule has 1 N–H and O–H groups in total. The first-order valence-electron chi connectivity index (χ1n) is 18.4. The summed E-state index contributed by atoms with van der Waals surface area (Å²) in [6.07, 6.45) is 4.65. The monoisotopic (exact) mass is 695 g/mol. The SMILES string of the molecule is C=C/C=C(\C)c1ccccc1[N+](=C1Cc2ccccc2N1c1cccc(C(=N)c2ccccc2)c1)c1cccc(-n2c3ccccc3c3ccccc32)c1. The van der Waals surface area contributed by atoms with Crippen molar-refractivity contribution in [1.29, 1.82) is 5.41 Å². The molecule has 0 atom stereocenters. The first kappa shape index (κ1) is 32.8. The van der Waals surface area contributed by atoms with E-state index < -0.39 is 0 Å². The smallest absolute Gasteiger partial charge is 0.272 e. The molecule has 2 heterocycles. The van der Waals surface area contributed by atoms with Gasteiger partial charge in [-0.05, 0) is 66.6 Å². The van der Waals surface area contributed by atoms with Gasteiger partial charge in [-0.2, -0.15) is 9.48 Å². The number of amidine groups is 1. The average molecular weight is 696 g/mol. The van der Waals surface area contributed by atoms with Crippen LogP contribution in [0.4, 0.5) is 22.7 Å². The lowest BCUT2D eigenvalue weighted by Crippen LogP contribution is -2.31. The fourth-order valence-electron chi connectivity index (χ4n) is 7.97. The highest BCUT2D eigenvalue weighted by Crippen LogP contribution is 2.40. The second-order valence-electron chi connectivity index (χ2n) is 13.7. The summed E-state index contributed by atoms with van der Waals surface area (Å²) in [5.41, 5.74) is 13.5. The van der Waals surface area contributed by atoms with Gasteiger partial charge in [0.1, 0.15) is 22.7 Å². The highest BCUT2D eigenvalue weighted by atomic mass is 15.3. The van der Waals surface area contributed by atoms with Crippen molar-refractivity contribution in [2.75, 3.05) is 4.90 Å². The van der Waals surface area contributed by atoms with Crippen molar-refractivity contribution in [3.05, 3.63) is 217 Å². The number of anilines is 2. The van der Waals surface area contributed by atoms with Gasteiger partial charge in [-0.1, -0.05) is 140 Å². The fourth-order valence-corrected chi connectivity index (χ4v) is 7.97. The molecule has 1 aliphatic heterocycles. The standard InChI is InChI=1S/C50H39N4/c1-3-17-35(2)42-25-8-12-29-46(42)54(41-24-16-23-40(34-41)52-47-30-13-9-26-43(47)44-27-10-14-31-48(44)52)49-33-37-20-7-11-28-45(37)53(49)39-22-15-21-38(32-39)50(51)36-18-5-4-6-19-36/h3-32,34,51H,1,33H2,2H3/q+1/b35-17+,51-50?. The Labute approximate surface area is 316 Å². The van der Waals surface area contributed by atoms with Gasteiger partial charge in [0, 0.05) is 33.5 Å². The molecule has 0 aliphatic carbocycles. The van der Waals surface area contributed by atoms with Crippen LogP contribution in [0.1, 0.15) is 29.2 Å². The summed E-state index contributed by atoms with van der Waals surface area (Å²) in [5, 5.41) is 11.6. The molecule has 0 amide bonds. The molecule has 0 radical (unpaired) electrons. The predicted molar refractivity (Wildman–Crippen MR) is 229 cm³/mol. The Morgan fingerprint density at radius 3 is 2.04 bits per heavy atom. The summed E-state index contributed by atoms with van der Waals surface area (Å²) in [4.78, 5) is 2.38. The van der Waals surface area contributed by atoms with Crippen molar-refractivity contribution in [2.24, 2.45) is 0 Å². The Balaban J connectivity index is 1.31. The summed E-state index contributed by atoms with van der Waals surface area (Å²) < 4.78 is 4.81. The van der Waals surface area contributed by atoms with E-state index in [0.29, 0.717) is 12.1 Å². The van der Waals surface area contributed by atoms with Crippen molar-refractivity contribution in [1.82, 2.24) is 9.14 Å². The molecule has 0 spiro atoms. The lowest BCUT2D eigenvalue weighted by atomic mass is 10.0. The summed E-state index contributed by atoms with van der Waals surface area (Å²) in [6, 6.07) is 61.9. The van der Waals surface area contributed by atoms with E-state index in [1.165, 1.54) is 27.4 Å². The third-order valence-corrected chi connectivity index (χ3v) is 10.4. The number of rotatable bonds is 8. The molecule has 258 valence electrons. The number of fused-ring (bicyclic) bond motifs is 4. The van der Waals surface area contributed by atoms with Gasteiger partial charge in [0.25, 0.3) is 5.84 Å². The first-order chi connectivity index (χ1) is 26.6. The van der Waals surface area contributed by atoms with E-state index in [-0.39, 0.29) is 0 Å². The maximum atomic E-state index is 9.16. The summed E-state index contributed by atoms with van der Waals surface area (Å²) in [6.45, 7) is 6.18.